The highest BCUT2D eigenvalue weighted by molar-refractivity contribution is 7.13. The van der Waals surface area contributed by atoms with Crippen LogP contribution in [0.5, 0.6) is 0 Å². The predicted molar refractivity (Wildman–Crippen MR) is 69.4 cm³/mol. The number of aliphatic hydroxyl groups is 1. The van der Waals surface area contributed by atoms with Crippen molar-refractivity contribution < 1.29 is 9.90 Å². The molecule has 0 unspecified atom stereocenters. The van der Waals surface area contributed by atoms with Crippen LogP contribution in [0.4, 0.5) is 0 Å². The number of aromatic nitrogens is 1. The fourth-order valence-corrected chi connectivity index (χ4v) is 2.37. The van der Waals surface area contributed by atoms with Gasteiger partial charge in [-0.2, -0.15) is 0 Å². The molecule has 96 valence electrons. The maximum absolute atomic E-state index is 11.9. The molecule has 1 amide bonds. The standard InChI is InChI=1S/C12H20N2O2S/c1-8-10(17-9(2)14-8)11(16)13-7-12(3,4)5-6-15/h15H,5-7H2,1-4H3,(H,13,16). The van der Waals surface area contributed by atoms with Crippen LogP contribution in [-0.2, 0) is 0 Å². The zero-order chi connectivity index (χ0) is 13.1. The van der Waals surface area contributed by atoms with Crippen LogP contribution in [0.1, 0.15) is 40.6 Å². The summed E-state index contributed by atoms with van der Waals surface area (Å²) in [6.45, 7) is 8.48. The molecule has 1 aromatic heterocycles. The van der Waals surface area contributed by atoms with Gasteiger partial charge in [-0.05, 0) is 25.7 Å². The molecule has 4 nitrogen and oxygen atoms in total. The van der Waals surface area contributed by atoms with Gasteiger partial charge in [0.05, 0.1) is 10.7 Å². The summed E-state index contributed by atoms with van der Waals surface area (Å²) < 4.78 is 0. The van der Waals surface area contributed by atoms with E-state index in [1.54, 1.807) is 0 Å². The molecule has 0 saturated heterocycles. The Hall–Kier alpha value is -0.940. The highest BCUT2D eigenvalue weighted by Crippen LogP contribution is 2.20. The molecule has 0 aliphatic rings. The van der Waals surface area contributed by atoms with Gasteiger partial charge in [0.25, 0.3) is 5.91 Å². The van der Waals surface area contributed by atoms with E-state index in [-0.39, 0.29) is 17.9 Å². The number of nitrogens with one attached hydrogen (secondary N) is 1. The summed E-state index contributed by atoms with van der Waals surface area (Å²) in [4.78, 5) is 16.8. The molecule has 5 heteroatoms. The Labute approximate surface area is 106 Å². The van der Waals surface area contributed by atoms with Crippen LogP contribution in [-0.4, -0.2) is 29.1 Å². The van der Waals surface area contributed by atoms with Gasteiger partial charge in [-0.1, -0.05) is 13.8 Å². The number of aliphatic hydroxyl groups excluding tert-OH is 1. The molecule has 0 spiro atoms. The Morgan fingerprint density at radius 3 is 2.59 bits per heavy atom. The summed E-state index contributed by atoms with van der Waals surface area (Å²) in [5.41, 5.74) is 0.697. The normalized spacial score (nSPS) is 11.6. The molecule has 1 heterocycles. The average molecular weight is 256 g/mol. The molecule has 0 aliphatic carbocycles. The molecule has 0 saturated carbocycles. The summed E-state index contributed by atoms with van der Waals surface area (Å²) in [5, 5.41) is 12.7. The minimum Gasteiger partial charge on any atom is -0.396 e. The van der Waals surface area contributed by atoms with Crippen molar-refractivity contribution >= 4 is 17.2 Å². The lowest BCUT2D eigenvalue weighted by Crippen LogP contribution is -2.34. The SMILES string of the molecule is Cc1nc(C)c(C(=O)NCC(C)(C)CCO)s1. The summed E-state index contributed by atoms with van der Waals surface area (Å²) in [6, 6.07) is 0. The lowest BCUT2D eigenvalue weighted by molar-refractivity contribution is 0.0931. The van der Waals surface area contributed by atoms with E-state index in [0.29, 0.717) is 17.8 Å². The van der Waals surface area contributed by atoms with Crippen LogP contribution in [0.25, 0.3) is 0 Å². The lowest BCUT2D eigenvalue weighted by atomic mass is 9.90. The fourth-order valence-electron chi connectivity index (χ4n) is 1.53. The highest BCUT2D eigenvalue weighted by atomic mass is 32.1. The van der Waals surface area contributed by atoms with E-state index in [0.717, 1.165) is 10.7 Å². The first-order chi connectivity index (χ1) is 7.85. The zero-order valence-corrected chi connectivity index (χ0v) is 11.6. The van der Waals surface area contributed by atoms with E-state index >= 15 is 0 Å². The zero-order valence-electron chi connectivity index (χ0n) is 10.8. The van der Waals surface area contributed by atoms with Gasteiger partial charge < -0.3 is 10.4 Å². The minimum absolute atomic E-state index is 0.0703. The molecule has 0 aliphatic heterocycles. The molecule has 0 fully saturated rings. The summed E-state index contributed by atoms with van der Waals surface area (Å²) in [6.07, 6.45) is 0.675. The van der Waals surface area contributed by atoms with Gasteiger partial charge in [0.1, 0.15) is 4.88 Å². The fraction of sp³-hybridized carbons (Fsp3) is 0.667. The summed E-state index contributed by atoms with van der Waals surface area (Å²) >= 11 is 1.41. The maximum atomic E-state index is 11.9. The predicted octanol–water partition coefficient (Wildman–Crippen LogP) is 1.90. The van der Waals surface area contributed by atoms with Crippen LogP contribution in [0.3, 0.4) is 0 Å². The largest absolute Gasteiger partial charge is 0.396 e. The number of rotatable bonds is 5. The first-order valence-corrected chi connectivity index (χ1v) is 6.50. The Morgan fingerprint density at radius 1 is 1.47 bits per heavy atom. The number of aryl methyl sites for hydroxylation is 2. The number of carbonyl (C=O) groups excluding carboxylic acids is 1. The molecule has 0 atom stereocenters. The first-order valence-electron chi connectivity index (χ1n) is 5.69. The molecular formula is C12H20N2O2S. The molecule has 0 aromatic carbocycles. The van der Waals surface area contributed by atoms with Crippen molar-refractivity contribution in [2.24, 2.45) is 5.41 Å². The minimum atomic E-state index is -0.0853. The van der Waals surface area contributed by atoms with Gasteiger partial charge in [0.15, 0.2) is 0 Å². The van der Waals surface area contributed by atoms with Gasteiger partial charge in [0.2, 0.25) is 0 Å². The average Bonchev–Trinajstić information content (AvgIpc) is 2.54. The van der Waals surface area contributed by atoms with Crippen LogP contribution >= 0.6 is 11.3 Å². The van der Waals surface area contributed by atoms with Crippen molar-refractivity contribution in [1.29, 1.82) is 0 Å². The Morgan fingerprint density at radius 2 is 2.12 bits per heavy atom. The summed E-state index contributed by atoms with van der Waals surface area (Å²) in [5.74, 6) is -0.0703. The molecule has 2 N–H and O–H groups in total. The van der Waals surface area contributed by atoms with Crippen molar-refractivity contribution in [3.63, 3.8) is 0 Å². The van der Waals surface area contributed by atoms with Crippen LogP contribution in [0.2, 0.25) is 0 Å². The second-order valence-corrected chi connectivity index (χ2v) is 6.17. The van der Waals surface area contributed by atoms with Crippen LogP contribution in [0, 0.1) is 19.3 Å². The van der Waals surface area contributed by atoms with E-state index < -0.39 is 0 Å². The van der Waals surface area contributed by atoms with E-state index in [2.05, 4.69) is 10.3 Å². The Balaban J connectivity index is 2.59. The van der Waals surface area contributed by atoms with Crippen molar-refractivity contribution in [2.75, 3.05) is 13.2 Å². The molecule has 1 aromatic rings. The molecule has 0 radical (unpaired) electrons. The van der Waals surface area contributed by atoms with Gasteiger partial charge in [-0.15, -0.1) is 11.3 Å². The second-order valence-electron chi connectivity index (χ2n) is 4.97. The third-order valence-corrected chi connectivity index (χ3v) is 3.70. The quantitative estimate of drug-likeness (QED) is 0.845. The number of amides is 1. The van der Waals surface area contributed by atoms with Crippen molar-refractivity contribution in [2.45, 2.75) is 34.1 Å². The number of hydrogen-bond donors (Lipinski definition) is 2. The third-order valence-electron chi connectivity index (χ3n) is 2.63. The number of thiazole rings is 1. The Kier molecular flexibility index (Phi) is 4.65. The monoisotopic (exact) mass is 256 g/mol. The molecular weight excluding hydrogens is 236 g/mol. The number of carbonyl (C=O) groups is 1. The van der Waals surface area contributed by atoms with E-state index in [1.807, 2.05) is 27.7 Å². The highest BCUT2D eigenvalue weighted by Gasteiger charge is 2.20. The van der Waals surface area contributed by atoms with Gasteiger partial charge in [0, 0.05) is 13.2 Å². The number of nitrogens with zero attached hydrogens (tertiary/aromatic N) is 1. The third kappa shape index (κ3) is 4.09. The van der Waals surface area contributed by atoms with Gasteiger partial charge in [-0.3, -0.25) is 4.79 Å². The molecule has 17 heavy (non-hydrogen) atoms. The second kappa shape index (κ2) is 5.60. The molecule has 0 bridgehead atoms. The van der Waals surface area contributed by atoms with E-state index in [9.17, 15) is 4.79 Å². The Bertz CT molecular complexity index is 399. The maximum Gasteiger partial charge on any atom is 0.263 e. The lowest BCUT2D eigenvalue weighted by Gasteiger charge is -2.23. The van der Waals surface area contributed by atoms with Crippen LogP contribution in [0.15, 0.2) is 0 Å². The van der Waals surface area contributed by atoms with Gasteiger partial charge in [-0.25, -0.2) is 4.98 Å². The first kappa shape index (κ1) is 14.1. The van der Waals surface area contributed by atoms with Crippen LogP contribution < -0.4 is 5.32 Å². The van der Waals surface area contributed by atoms with E-state index in [1.165, 1.54) is 11.3 Å². The van der Waals surface area contributed by atoms with E-state index in [4.69, 9.17) is 5.11 Å². The van der Waals surface area contributed by atoms with Gasteiger partial charge >= 0.3 is 0 Å². The topological polar surface area (TPSA) is 62.2 Å². The molecule has 1 rings (SSSR count). The number of hydrogen-bond acceptors (Lipinski definition) is 4. The van der Waals surface area contributed by atoms with Crippen molar-refractivity contribution in [1.82, 2.24) is 10.3 Å². The van der Waals surface area contributed by atoms with Crippen molar-refractivity contribution in [3.8, 4) is 0 Å². The van der Waals surface area contributed by atoms with Crippen molar-refractivity contribution in [3.05, 3.63) is 15.6 Å². The smallest absolute Gasteiger partial charge is 0.263 e. The summed E-state index contributed by atoms with van der Waals surface area (Å²) in [7, 11) is 0.